The molecule has 4 rings (SSSR count). The third kappa shape index (κ3) is 5.58. The van der Waals surface area contributed by atoms with Crippen LogP contribution in [0.4, 0.5) is 14.5 Å². The van der Waals surface area contributed by atoms with Gasteiger partial charge in [-0.3, -0.25) is 9.69 Å². The Balaban J connectivity index is 1.74. The van der Waals surface area contributed by atoms with Crippen molar-refractivity contribution >= 4 is 16.7 Å². The summed E-state index contributed by atoms with van der Waals surface area (Å²) < 4.78 is 29.0. The van der Waals surface area contributed by atoms with Crippen LogP contribution in [0, 0.1) is 23.0 Å². The van der Waals surface area contributed by atoms with Crippen molar-refractivity contribution in [2.24, 2.45) is 7.05 Å². The van der Waals surface area contributed by atoms with Crippen molar-refractivity contribution in [1.82, 2.24) is 14.5 Å². The molecule has 0 radical (unpaired) electrons. The topological polar surface area (TPSA) is 65.2 Å². The number of likely N-dealkylation sites (N-methyl/N-ethyl adjacent to an activating group) is 1. The Morgan fingerprint density at radius 1 is 1.00 bits per heavy atom. The fraction of sp³-hybridized carbons (Fsp3) is 0.300. The molecule has 6 nitrogen and oxygen atoms in total. The van der Waals surface area contributed by atoms with Crippen LogP contribution in [0.25, 0.3) is 11.0 Å². The van der Waals surface area contributed by atoms with E-state index in [2.05, 4.69) is 34.7 Å². The van der Waals surface area contributed by atoms with Crippen LogP contribution in [-0.4, -0.2) is 40.6 Å². The summed E-state index contributed by atoms with van der Waals surface area (Å²) in [5.74, 6) is -0.642. The fourth-order valence-corrected chi connectivity index (χ4v) is 5.02. The van der Waals surface area contributed by atoms with E-state index in [0.29, 0.717) is 29.8 Å². The highest BCUT2D eigenvalue weighted by Crippen LogP contribution is 2.30. The maximum Gasteiger partial charge on any atom is 0.252 e. The molecule has 1 atom stereocenters. The van der Waals surface area contributed by atoms with Crippen LogP contribution in [0.15, 0.2) is 71.5 Å². The highest BCUT2D eigenvalue weighted by atomic mass is 19.1. The molecule has 0 fully saturated rings. The van der Waals surface area contributed by atoms with Gasteiger partial charge in [0.1, 0.15) is 28.9 Å². The molecule has 0 aliphatic heterocycles. The number of aromatic nitrogens is 2. The first-order chi connectivity index (χ1) is 18.2. The molecule has 196 valence electrons. The Morgan fingerprint density at radius 3 is 2.11 bits per heavy atom. The van der Waals surface area contributed by atoms with Crippen LogP contribution < -0.4 is 10.5 Å². The Morgan fingerprint density at radius 2 is 1.58 bits per heavy atom. The summed E-state index contributed by atoms with van der Waals surface area (Å²) in [5, 5.41) is 9.45. The van der Waals surface area contributed by atoms with Gasteiger partial charge in [-0.05, 0) is 67.9 Å². The van der Waals surface area contributed by atoms with Crippen molar-refractivity contribution < 1.29 is 8.78 Å². The zero-order valence-electron chi connectivity index (χ0n) is 22.0. The number of hydrogen-bond donors (Lipinski definition) is 0. The number of rotatable bonds is 9. The molecule has 8 heteroatoms. The lowest BCUT2D eigenvalue weighted by molar-refractivity contribution is 0.261. The molecule has 0 aliphatic carbocycles. The molecule has 38 heavy (non-hydrogen) atoms. The van der Waals surface area contributed by atoms with E-state index in [0.717, 1.165) is 17.5 Å². The zero-order valence-corrected chi connectivity index (χ0v) is 22.0. The minimum Gasteiger partial charge on any atom is -0.366 e. The molecule has 0 amide bonds. The summed E-state index contributed by atoms with van der Waals surface area (Å²) in [5.41, 5.74) is 3.83. The van der Waals surface area contributed by atoms with Gasteiger partial charge in [0, 0.05) is 32.2 Å². The van der Waals surface area contributed by atoms with Crippen LogP contribution in [0.3, 0.4) is 0 Å². The monoisotopic (exact) mass is 515 g/mol. The minimum atomic E-state index is -0.321. The van der Waals surface area contributed by atoms with Gasteiger partial charge in [-0.25, -0.2) is 13.8 Å². The highest BCUT2D eigenvalue weighted by Gasteiger charge is 2.25. The number of aryl methyl sites for hydroxylation is 1. The fourth-order valence-electron chi connectivity index (χ4n) is 5.02. The number of nitriles is 1. The number of benzene rings is 2. The molecule has 0 saturated carbocycles. The van der Waals surface area contributed by atoms with Crippen molar-refractivity contribution in [1.29, 1.82) is 5.26 Å². The number of fused-ring (bicyclic) bond motifs is 1. The average Bonchev–Trinajstić information content (AvgIpc) is 2.91. The third-order valence-corrected chi connectivity index (χ3v) is 6.85. The molecule has 0 bridgehead atoms. The van der Waals surface area contributed by atoms with Crippen molar-refractivity contribution in [2.75, 3.05) is 25.0 Å². The second-order valence-electron chi connectivity index (χ2n) is 9.59. The first-order valence-corrected chi connectivity index (χ1v) is 12.6. The van der Waals surface area contributed by atoms with Crippen molar-refractivity contribution in [3.8, 4) is 6.07 Å². The molecule has 2 heterocycles. The van der Waals surface area contributed by atoms with Crippen LogP contribution in [-0.2, 0) is 7.05 Å². The number of nitrogens with zero attached hydrogens (tertiary/aromatic N) is 5. The Kier molecular flexibility index (Phi) is 8.18. The van der Waals surface area contributed by atoms with Crippen LogP contribution in [0.1, 0.15) is 43.1 Å². The predicted octanol–water partition coefficient (Wildman–Crippen LogP) is 5.41. The molecule has 0 aliphatic rings. The normalized spacial score (nSPS) is 12.2. The lowest BCUT2D eigenvalue weighted by Crippen LogP contribution is -2.43. The lowest BCUT2D eigenvalue weighted by atomic mass is 9.96. The molecular weight excluding hydrogens is 484 g/mol. The average molecular weight is 516 g/mol. The van der Waals surface area contributed by atoms with Gasteiger partial charge in [-0.1, -0.05) is 31.2 Å². The smallest absolute Gasteiger partial charge is 0.252 e. The van der Waals surface area contributed by atoms with E-state index in [1.165, 1.54) is 28.8 Å². The van der Waals surface area contributed by atoms with E-state index in [1.54, 1.807) is 49.5 Å². The number of hydrogen-bond acceptors (Lipinski definition) is 5. The van der Waals surface area contributed by atoms with Crippen molar-refractivity contribution in [3.05, 3.63) is 106 Å². The molecule has 0 saturated heterocycles. The summed E-state index contributed by atoms with van der Waals surface area (Å²) in [6.07, 6.45) is 0.835. The van der Waals surface area contributed by atoms with E-state index < -0.39 is 0 Å². The molecule has 0 unspecified atom stereocenters. The molecule has 2 aromatic carbocycles. The van der Waals surface area contributed by atoms with Crippen LogP contribution in [0.2, 0.25) is 0 Å². The maximum absolute atomic E-state index is 13.7. The first kappa shape index (κ1) is 27.0. The Bertz CT molecular complexity index is 1460. The molecule has 0 spiro atoms. The molecular formula is C30H31F2N5O. The van der Waals surface area contributed by atoms with Gasteiger partial charge < -0.3 is 9.47 Å². The summed E-state index contributed by atoms with van der Waals surface area (Å²) in [4.78, 5) is 21.7. The standard InChI is InChI=1S/C30H31F2N5O/c1-5-16-37(27-17-28(38)36(4)26-15-14-25(18-33)34-29(26)27)20(2)19-35(3)30(21-6-10-23(31)11-7-21)22-8-12-24(32)13-9-22/h6-15,17,20,30H,5,16,19H2,1-4H3/t20-/m1/s1. The summed E-state index contributed by atoms with van der Waals surface area (Å²) in [6.45, 7) is 5.40. The second-order valence-corrected chi connectivity index (χ2v) is 9.59. The summed E-state index contributed by atoms with van der Waals surface area (Å²) in [7, 11) is 3.67. The summed E-state index contributed by atoms with van der Waals surface area (Å²) in [6, 6.07) is 19.4. The number of pyridine rings is 2. The Labute approximate surface area is 221 Å². The van der Waals surface area contributed by atoms with Crippen LogP contribution in [0.5, 0.6) is 0 Å². The third-order valence-electron chi connectivity index (χ3n) is 6.85. The first-order valence-electron chi connectivity index (χ1n) is 12.6. The van der Waals surface area contributed by atoms with Gasteiger partial charge in [-0.15, -0.1) is 0 Å². The molecule has 2 aromatic heterocycles. The maximum atomic E-state index is 13.7. The van der Waals surface area contributed by atoms with Gasteiger partial charge in [0.05, 0.1) is 17.2 Å². The van der Waals surface area contributed by atoms with Crippen molar-refractivity contribution in [2.45, 2.75) is 32.4 Å². The van der Waals surface area contributed by atoms with Gasteiger partial charge >= 0.3 is 0 Å². The molecule has 0 N–H and O–H groups in total. The predicted molar refractivity (Wildman–Crippen MR) is 146 cm³/mol. The summed E-state index contributed by atoms with van der Waals surface area (Å²) >= 11 is 0. The van der Waals surface area contributed by atoms with E-state index in [4.69, 9.17) is 0 Å². The molecule has 4 aromatic rings. The quantitative estimate of drug-likeness (QED) is 0.298. The van der Waals surface area contributed by atoms with Crippen molar-refractivity contribution in [3.63, 3.8) is 0 Å². The Hall–Kier alpha value is -4.09. The van der Waals surface area contributed by atoms with E-state index in [1.807, 2.05) is 7.05 Å². The van der Waals surface area contributed by atoms with Crippen LogP contribution >= 0.6 is 0 Å². The largest absolute Gasteiger partial charge is 0.366 e. The van der Waals surface area contributed by atoms with Gasteiger partial charge in [0.2, 0.25) is 0 Å². The van der Waals surface area contributed by atoms with E-state index >= 15 is 0 Å². The van der Waals surface area contributed by atoms with E-state index in [9.17, 15) is 18.8 Å². The lowest BCUT2D eigenvalue weighted by Gasteiger charge is -2.37. The number of anilines is 1. The van der Waals surface area contributed by atoms with Gasteiger partial charge in [-0.2, -0.15) is 5.26 Å². The zero-order chi connectivity index (χ0) is 27.4. The highest BCUT2D eigenvalue weighted by molar-refractivity contribution is 5.88. The number of halogens is 2. The van der Waals surface area contributed by atoms with Gasteiger partial charge in [0.25, 0.3) is 5.56 Å². The van der Waals surface area contributed by atoms with Gasteiger partial charge in [0.15, 0.2) is 0 Å². The SMILES string of the molecule is CCCN(c1cc(=O)n(C)c2ccc(C#N)nc12)[C@H](C)CN(C)C(c1ccc(F)cc1)c1ccc(F)cc1. The minimum absolute atomic E-state index is 0.0637. The second kappa shape index (κ2) is 11.5. The van der Waals surface area contributed by atoms with E-state index in [-0.39, 0.29) is 35.0 Å².